The fraction of sp³-hybridized carbons (Fsp3) is 0.608. The molecule has 1 aliphatic carbocycles. The molecule has 2 aromatic carbocycles. The zero-order chi connectivity index (χ0) is 48.9. The van der Waals surface area contributed by atoms with Gasteiger partial charge in [0.2, 0.25) is 5.60 Å². The molecule has 2 aromatic heterocycles. The van der Waals surface area contributed by atoms with Crippen molar-refractivity contribution in [3.8, 4) is 17.9 Å². The van der Waals surface area contributed by atoms with Crippen molar-refractivity contribution in [2.24, 2.45) is 0 Å². The van der Waals surface area contributed by atoms with Crippen LogP contribution in [0.25, 0.3) is 5.52 Å². The highest BCUT2D eigenvalue weighted by Gasteiger charge is 2.89. The monoisotopic (exact) mass is 992 g/mol. The first-order valence-corrected chi connectivity index (χ1v) is 26.5. The minimum atomic E-state index is -4.68. The SMILES string of the molecule is CCCCCCCCCCCCCCCCCCCOC[C@H](COP(=O)(Oc1ccccc1Cl)OC1[C@H]2O[C@@](C#N)(c3ccc4c(N)ncnn34)[C@@H]3OC(C)(C)O[C@]123)OCc1cc(F)cc(C#N)c1. The maximum atomic E-state index is 15.0. The number of phosphoric acid groups is 1. The zero-order valence-electron chi connectivity index (χ0n) is 40.1. The number of halogens is 2. The van der Waals surface area contributed by atoms with Crippen LogP contribution in [-0.2, 0) is 49.5 Å². The van der Waals surface area contributed by atoms with Gasteiger partial charge >= 0.3 is 7.82 Å². The van der Waals surface area contributed by atoms with Crippen LogP contribution in [0.4, 0.5) is 10.2 Å². The summed E-state index contributed by atoms with van der Waals surface area (Å²) >= 11 is 6.50. The standard InChI is InChI=1S/C51H67ClFN6O9P/c1-4-5-6-7-8-9-10-11-12-13-14-15-16-17-18-19-22-27-61-33-40(62-32-38-28-37(31-54)29-39(53)30-38)34-63-69(60,66-43-24-21-20-23-41(43)52)67-46-45-51(46)48(65-49(2,3)68-51)50(35-55,64-45)44-26-25-42-47(56)57-36-58-59(42)44/h20-21,23-26,28-30,36,40,45-46,48H,4-19,22,27,32-34H2,1-3H3,(H2,56,57,58)/t40-,45-,46?,48+,50+,51+,69?/m1/s1. The lowest BCUT2D eigenvalue weighted by Gasteiger charge is -2.31. The summed E-state index contributed by atoms with van der Waals surface area (Å²) in [6.07, 6.45) is 18.8. The zero-order valence-corrected chi connectivity index (χ0v) is 41.8. The fourth-order valence-corrected chi connectivity index (χ4v) is 11.2. The van der Waals surface area contributed by atoms with Crippen LogP contribution in [0.3, 0.4) is 0 Å². The molecule has 4 heterocycles. The van der Waals surface area contributed by atoms with Crippen LogP contribution in [0.5, 0.6) is 5.75 Å². The van der Waals surface area contributed by atoms with E-state index in [9.17, 15) is 14.9 Å². The van der Waals surface area contributed by atoms with Crippen molar-refractivity contribution >= 4 is 30.8 Å². The molecule has 3 aliphatic rings. The number of anilines is 1. The van der Waals surface area contributed by atoms with Crippen LogP contribution >= 0.6 is 19.4 Å². The molecule has 15 nitrogen and oxygen atoms in total. The van der Waals surface area contributed by atoms with E-state index < -0.39 is 55.0 Å². The lowest BCUT2D eigenvalue weighted by atomic mass is 9.90. The molecule has 0 radical (unpaired) electrons. The first-order valence-electron chi connectivity index (χ1n) is 24.7. The molecule has 0 amide bonds. The highest BCUT2D eigenvalue weighted by Crippen LogP contribution is 2.70. The van der Waals surface area contributed by atoms with E-state index in [0.717, 1.165) is 25.3 Å². The molecule has 0 bridgehead atoms. The molecule has 374 valence electrons. The number of nitrogens with two attached hydrogens (primary N) is 1. The summed E-state index contributed by atoms with van der Waals surface area (Å²) in [6, 6.07) is 18.0. The molecule has 2 saturated heterocycles. The third kappa shape index (κ3) is 13.0. The number of ether oxygens (including phenoxy) is 5. The smallest absolute Gasteiger partial charge is 0.402 e. The number of unbranched alkanes of at least 4 members (excludes halogenated alkanes) is 16. The number of fused-ring (bicyclic) bond motifs is 1. The highest BCUT2D eigenvalue weighted by atomic mass is 35.5. The largest absolute Gasteiger partial charge is 0.530 e. The Bertz CT molecular complexity index is 2450. The van der Waals surface area contributed by atoms with Crippen LogP contribution in [0.1, 0.15) is 147 Å². The quantitative estimate of drug-likeness (QED) is 0.0369. The molecule has 3 fully saturated rings. The molecule has 7 atom stereocenters. The van der Waals surface area contributed by atoms with Gasteiger partial charge in [0.05, 0.1) is 42.2 Å². The second-order valence-corrected chi connectivity index (χ2v) is 20.8. The summed E-state index contributed by atoms with van der Waals surface area (Å²) in [5.41, 5.74) is 4.27. The van der Waals surface area contributed by atoms with Crippen molar-refractivity contribution in [1.29, 1.82) is 10.5 Å². The second-order valence-electron chi connectivity index (χ2n) is 18.8. The van der Waals surface area contributed by atoms with Gasteiger partial charge in [0.15, 0.2) is 17.2 Å². The number of nitriles is 2. The van der Waals surface area contributed by atoms with E-state index in [1.165, 1.54) is 119 Å². The number of nitrogen functional groups attached to an aromatic ring is 1. The number of phosphoric ester groups is 1. The molecular weight excluding hydrogens is 926 g/mol. The van der Waals surface area contributed by atoms with Crippen molar-refractivity contribution in [2.75, 3.05) is 25.6 Å². The van der Waals surface area contributed by atoms with E-state index in [0.29, 0.717) is 23.4 Å². The second kappa shape index (κ2) is 24.3. The van der Waals surface area contributed by atoms with Crippen molar-refractivity contribution in [2.45, 2.75) is 178 Å². The van der Waals surface area contributed by atoms with Gasteiger partial charge < -0.3 is 33.9 Å². The van der Waals surface area contributed by atoms with E-state index in [1.807, 2.05) is 6.07 Å². The average molecular weight is 994 g/mol. The molecule has 1 spiro atoms. The number of hydrogen-bond acceptors (Lipinski definition) is 14. The first kappa shape index (κ1) is 52.6. The van der Waals surface area contributed by atoms with Gasteiger partial charge in [0, 0.05) is 6.61 Å². The Labute approximate surface area is 410 Å². The maximum absolute atomic E-state index is 15.0. The molecule has 2 aliphatic heterocycles. The summed E-state index contributed by atoms with van der Waals surface area (Å²) in [4.78, 5) is 4.06. The van der Waals surface area contributed by atoms with Crippen molar-refractivity contribution in [1.82, 2.24) is 14.6 Å². The Kier molecular flexibility index (Phi) is 18.5. The summed E-state index contributed by atoms with van der Waals surface area (Å²) in [6.45, 7) is 5.67. The van der Waals surface area contributed by atoms with Gasteiger partial charge in [-0.1, -0.05) is 133 Å². The average Bonchev–Trinajstić information content (AvgIpc) is 3.63. The molecule has 2 unspecified atom stereocenters. The molecule has 4 aromatic rings. The van der Waals surface area contributed by atoms with Crippen LogP contribution < -0.4 is 10.3 Å². The Hall–Kier alpha value is -4.19. The van der Waals surface area contributed by atoms with E-state index >= 15 is 4.57 Å². The summed E-state index contributed by atoms with van der Waals surface area (Å²) in [7, 11) is -4.68. The van der Waals surface area contributed by atoms with Crippen LogP contribution in [0.15, 0.2) is 60.9 Å². The maximum Gasteiger partial charge on any atom is 0.530 e. The van der Waals surface area contributed by atoms with Gasteiger partial charge in [0.25, 0.3) is 0 Å². The normalized spacial score (nSPS) is 23.5. The number of hydrogen-bond donors (Lipinski definition) is 1. The van der Waals surface area contributed by atoms with Gasteiger partial charge in [0.1, 0.15) is 53.9 Å². The predicted molar refractivity (Wildman–Crippen MR) is 258 cm³/mol. The van der Waals surface area contributed by atoms with E-state index in [-0.39, 0.29) is 42.0 Å². The van der Waals surface area contributed by atoms with Crippen LogP contribution in [0.2, 0.25) is 5.02 Å². The third-order valence-corrected chi connectivity index (χ3v) is 14.7. The Morgan fingerprint density at radius 1 is 0.899 bits per heavy atom. The number of aromatic nitrogens is 3. The predicted octanol–water partition coefficient (Wildman–Crippen LogP) is 11.8. The molecule has 69 heavy (non-hydrogen) atoms. The molecular formula is C51H67ClFN6O9P. The number of benzene rings is 2. The number of nitrogens with zero attached hydrogens (tertiary/aromatic N) is 5. The molecule has 7 rings (SSSR count). The van der Waals surface area contributed by atoms with E-state index in [4.69, 9.17) is 54.6 Å². The highest BCUT2D eigenvalue weighted by molar-refractivity contribution is 7.49. The molecule has 2 N–H and O–H groups in total. The van der Waals surface area contributed by atoms with Gasteiger partial charge in [-0.05, 0) is 68.3 Å². The molecule has 1 saturated carbocycles. The topological polar surface area (TPSA) is 195 Å². The van der Waals surface area contributed by atoms with E-state index in [1.54, 1.807) is 44.2 Å². The summed E-state index contributed by atoms with van der Waals surface area (Å²) in [5, 5.41) is 24.8. The van der Waals surface area contributed by atoms with Gasteiger partial charge in [-0.3, -0.25) is 9.05 Å². The lowest BCUT2D eigenvalue weighted by molar-refractivity contribution is -0.188. The Balaban J connectivity index is 0.963. The summed E-state index contributed by atoms with van der Waals surface area (Å²) < 4.78 is 81.1. The Morgan fingerprint density at radius 3 is 2.22 bits per heavy atom. The van der Waals surface area contributed by atoms with Crippen molar-refractivity contribution in [3.05, 3.63) is 88.6 Å². The Morgan fingerprint density at radius 2 is 1.57 bits per heavy atom. The van der Waals surface area contributed by atoms with Gasteiger partial charge in [-0.15, -0.1) is 0 Å². The van der Waals surface area contributed by atoms with Crippen molar-refractivity contribution in [3.63, 3.8) is 0 Å². The van der Waals surface area contributed by atoms with Crippen LogP contribution in [-0.4, -0.2) is 70.2 Å². The molecule has 18 heteroatoms. The van der Waals surface area contributed by atoms with Crippen LogP contribution in [0, 0.1) is 28.5 Å². The van der Waals surface area contributed by atoms with Gasteiger partial charge in [-0.2, -0.15) is 15.6 Å². The van der Waals surface area contributed by atoms with Gasteiger partial charge in [-0.25, -0.2) is 18.5 Å². The van der Waals surface area contributed by atoms with E-state index in [2.05, 4.69) is 23.1 Å². The fourth-order valence-electron chi connectivity index (χ4n) is 9.47. The minimum absolute atomic E-state index is 0.0202. The number of para-hydroxylation sites is 1. The third-order valence-electron chi connectivity index (χ3n) is 13.0. The minimum Gasteiger partial charge on any atom is -0.402 e. The van der Waals surface area contributed by atoms with Crippen molar-refractivity contribution < 1.29 is 46.2 Å². The summed E-state index contributed by atoms with van der Waals surface area (Å²) in [5.74, 6) is -1.59. The number of rotatable bonds is 31. The lowest BCUT2D eigenvalue weighted by Crippen LogP contribution is -2.46. The first-order chi connectivity index (χ1) is 33.4.